The number of carbonyl (C=O) groups is 1. The van der Waals surface area contributed by atoms with Crippen LogP contribution in [0.5, 0.6) is 0 Å². The molecule has 1 aliphatic rings. The molecule has 7 heteroatoms. The van der Waals surface area contributed by atoms with Gasteiger partial charge >= 0.3 is 0 Å². The molecule has 0 aromatic heterocycles. The predicted octanol–water partition coefficient (Wildman–Crippen LogP) is 0.512. The molecule has 0 aliphatic carbocycles. The Bertz CT molecular complexity index is 566. The first-order valence-corrected chi connectivity index (χ1v) is 7.68. The Labute approximate surface area is 112 Å². The molecule has 0 radical (unpaired) electrons. The molecule has 2 rings (SSSR count). The summed E-state index contributed by atoms with van der Waals surface area (Å²) in [7, 11) is -3.16. The number of hydrogen-bond donors (Lipinski definition) is 2. The highest BCUT2D eigenvalue weighted by Gasteiger charge is 2.28. The Hall–Kier alpha value is -1.60. The lowest BCUT2D eigenvalue weighted by molar-refractivity contribution is -0.117. The summed E-state index contributed by atoms with van der Waals surface area (Å²) in [6.07, 6.45) is 0.644. The molecule has 1 fully saturated rings. The van der Waals surface area contributed by atoms with Gasteiger partial charge in [-0.25, -0.2) is 8.42 Å². The van der Waals surface area contributed by atoms with Gasteiger partial charge in [0.15, 0.2) is 0 Å². The standard InChI is InChI=1S/C12H17N3O3S/c1-9(13)12(16)14-10-3-5-11(6-4-10)15-7-2-8-19(15,17)18/h3-6,9H,2,7-8,13H2,1H3,(H,14,16)/t9-/m1/s1. The summed E-state index contributed by atoms with van der Waals surface area (Å²) in [5, 5.41) is 2.65. The molecule has 1 aliphatic heterocycles. The van der Waals surface area contributed by atoms with Crippen molar-refractivity contribution in [1.82, 2.24) is 0 Å². The number of sulfonamides is 1. The van der Waals surface area contributed by atoms with Crippen LogP contribution in [0.4, 0.5) is 11.4 Å². The van der Waals surface area contributed by atoms with E-state index in [0.717, 1.165) is 0 Å². The first kappa shape index (κ1) is 13.8. The van der Waals surface area contributed by atoms with Crippen LogP contribution in [0.2, 0.25) is 0 Å². The molecule has 1 aromatic carbocycles. The van der Waals surface area contributed by atoms with Crippen LogP contribution in [0.1, 0.15) is 13.3 Å². The maximum Gasteiger partial charge on any atom is 0.240 e. The minimum absolute atomic E-state index is 0.191. The number of rotatable bonds is 3. The van der Waals surface area contributed by atoms with Crippen LogP contribution < -0.4 is 15.4 Å². The second-order valence-corrected chi connectivity index (χ2v) is 6.58. The summed E-state index contributed by atoms with van der Waals surface area (Å²) >= 11 is 0. The summed E-state index contributed by atoms with van der Waals surface area (Å²) in [4.78, 5) is 11.4. The van der Waals surface area contributed by atoms with Crippen LogP contribution in [-0.4, -0.2) is 32.7 Å². The third kappa shape index (κ3) is 3.05. The molecular weight excluding hydrogens is 266 g/mol. The van der Waals surface area contributed by atoms with Crippen molar-refractivity contribution in [3.05, 3.63) is 24.3 Å². The lowest BCUT2D eigenvalue weighted by Gasteiger charge is -2.17. The van der Waals surface area contributed by atoms with Crippen LogP contribution in [0.25, 0.3) is 0 Å². The summed E-state index contributed by atoms with van der Waals surface area (Å²) in [5.74, 6) is -0.0857. The lowest BCUT2D eigenvalue weighted by atomic mass is 10.2. The third-order valence-electron chi connectivity index (χ3n) is 2.94. The van der Waals surface area contributed by atoms with E-state index in [0.29, 0.717) is 24.3 Å². The van der Waals surface area contributed by atoms with Gasteiger partial charge in [0.2, 0.25) is 15.9 Å². The molecule has 0 saturated carbocycles. The third-order valence-corrected chi connectivity index (χ3v) is 4.81. The Morgan fingerprint density at radius 1 is 1.37 bits per heavy atom. The van der Waals surface area contributed by atoms with Crippen molar-refractivity contribution in [3.63, 3.8) is 0 Å². The minimum atomic E-state index is -3.16. The first-order chi connectivity index (χ1) is 8.90. The number of nitrogens with zero attached hydrogens (tertiary/aromatic N) is 1. The zero-order valence-electron chi connectivity index (χ0n) is 10.7. The Kier molecular flexibility index (Phi) is 3.77. The molecule has 0 spiro atoms. The molecule has 0 unspecified atom stereocenters. The normalized spacial score (nSPS) is 19.2. The molecular formula is C12H17N3O3S. The zero-order valence-corrected chi connectivity index (χ0v) is 11.5. The van der Waals surface area contributed by atoms with Crippen molar-refractivity contribution >= 4 is 27.3 Å². The largest absolute Gasteiger partial charge is 0.325 e. The fraction of sp³-hybridized carbons (Fsp3) is 0.417. The van der Waals surface area contributed by atoms with E-state index in [1.165, 1.54) is 4.31 Å². The highest BCUT2D eigenvalue weighted by Crippen LogP contribution is 2.25. The second-order valence-electron chi connectivity index (χ2n) is 4.57. The van der Waals surface area contributed by atoms with Crippen molar-refractivity contribution in [2.45, 2.75) is 19.4 Å². The van der Waals surface area contributed by atoms with E-state index in [1.807, 2.05) is 0 Å². The van der Waals surface area contributed by atoms with Gasteiger partial charge in [0.25, 0.3) is 0 Å². The second kappa shape index (κ2) is 5.18. The highest BCUT2D eigenvalue weighted by atomic mass is 32.2. The van der Waals surface area contributed by atoms with E-state index in [4.69, 9.17) is 5.73 Å². The van der Waals surface area contributed by atoms with E-state index in [9.17, 15) is 13.2 Å². The fourth-order valence-electron chi connectivity index (χ4n) is 1.90. The maximum atomic E-state index is 11.8. The summed E-state index contributed by atoms with van der Waals surface area (Å²) < 4.78 is 24.9. The van der Waals surface area contributed by atoms with Crippen molar-refractivity contribution in [3.8, 4) is 0 Å². The van der Waals surface area contributed by atoms with Gasteiger partial charge in [-0.1, -0.05) is 0 Å². The van der Waals surface area contributed by atoms with Crippen molar-refractivity contribution in [2.24, 2.45) is 5.73 Å². The average molecular weight is 283 g/mol. The molecule has 19 heavy (non-hydrogen) atoms. The van der Waals surface area contributed by atoms with Crippen LogP contribution in [-0.2, 0) is 14.8 Å². The van der Waals surface area contributed by atoms with Gasteiger partial charge in [-0.2, -0.15) is 0 Å². The van der Waals surface area contributed by atoms with Crippen molar-refractivity contribution < 1.29 is 13.2 Å². The van der Waals surface area contributed by atoms with Crippen molar-refractivity contribution in [1.29, 1.82) is 0 Å². The molecule has 1 amide bonds. The Balaban J connectivity index is 2.13. The maximum absolute atomic E-state index is 11.8. The van der Waals surface area contributed by atoms with Gasteiger partial charge in [-0.05, 0) is 37.6 Å². The number of carbonyl (C=O) groups excluding carboxylic acids is 1. The van der Waals surface area contributed by atoms with E-state index >= 15 is 0 Å². The number of hydrogen-bond acceptors (Lipinski definition) is 4. The summed E-state index contributed by atoms with van der Waals surface area (Å²) in [5.41, 5.74) is 6.67. The van der Waals surface area contributed by atoms with Crippen LogP contribution in [0.15, 0.2) is 24.3 Å². The van der Waals surface area contributed by atoms with Gasteiger partial charge in [0.05, 0.1) is 17.5 Å². The summed E-state index contributed by atoms with van der Waals surface area (Å²) in [6.45, 7) is 2.11. The van der Waals surface area contributed by atoms with Crippen LogP contribution >= 0.6 is 0 Å². The molecule has 6 nitrogen and oxygen atoms in total. The minimum Gasteiger partial charge on any atom is -0.325 e. The topological polar surface area (TPSA) is 92.5 Å². The van der Waals surface area contributed by atoms with Gasteiger partial charge in [-0.3, -0.25) is 9.10 Å². The molecule has 3 N–H and O–H groups in total. The number of nitrogens with one attached hydrogen (secondary N) is 1. The number of amides is 1. The molecule has 1 aromatic rings. The van der Waals surface area contributed by atoms with Gasteiger partial charge in [-0.15, -0.1) is 0 Å². The number of anilines is 2. The van der Waals surface area contributed by atoms with Gasteiger partial charge in [0, 0.05) is 12.2 Å². The van der Waals surface area contributed by atoms with Gasteiger partial charge in [0.1, 0.15) is 0 Å². The van der Waals surface area contributed by atoms with E-state index in [1.54, 1.807) is 31.2 Å². The zero-order chi connectivity index (χ0) is 14.0. The SMILES string of the molecule is C[C@@H](N)C(=O)Nc1ccc(N2CCCS2(=O)=O)cc1. The number of benzene rings is 1. The number of nitrogens with two attached hydrogens (primary N) is 1. The smallest absolute Gasteiger partial charge is 0.240 e. The lowest BCUT2D eigenvalue weighted by Crippen LogP contribution is -2.32. The van der Waals surface area contributed by atoms with E-state index in [2.05, 4.69) is 5.32 Å². The van der Waals surface area contributed by atoms with Crippen LogP contribution in [0, 0.1) is 0 Å². The van der Waals surface area contributed by atoms with Crippen molar-refractivity contribution in [2.75, 3.05) is 21.9 Å². The monoisotopic (exact) mass is 283 g/mol. The molecule has 104 valence electrons. The highest BCUT2D eigenvalue weighted by molar-refractivity contribution is 7.93. The predicted molar refractivity (Wildman–Crippen MR) is 74.5 cm³/mol. The molecule has 0 bridgehead atoms. The Morgan fingerprint density at radius 3 is 2.47 bits per heavy atom. The van der Waals surface area contributed by atoms with Crippen LogP contribution in [0.3, 0.4) is 0 Å². The van der Waals surface area contributed by atoms with Gasteiger partial charge < -0.3 is 11.1 Å². The quantitative estimate of drug-likeness (QED) is 0.845. The Morgan fingerprint density at radius 2 is 2.00 bits per heavy atom. The average Bonchev–Trinajstić information content (AvgIpc) is 2.70. The van der Waals surface area contributed by atoms with E-state index in [-0.39, 0.29) is 11.7 Å². The summed E-state index contributed by atoms with van der Waals surface area (Å²) in [6, 6.07) is 6.12. The molecule has 1 saturated heterocycles. The molecule has 1 atom stereocenters. The fourth-order valence-corrected chi connectivity index (χ4v) is 3.46. The van der Waals surface area contributed by atoms with E-state index < -0.39 is 16.1 Å². The molecule has 1 heterocycles. The first-order valence-electron chi connectivity index (χ1n) is 6.07.